The van der Waals surface area contributed by atoms with E-state index in [9.17, 15) is 13.2 Å². The Morgan fingerprint density at radius 2 is 2.04 bits per heavy atom. The molecule has 2 aliphatic rings. The highest BCUT2D eigenvalue weighted by molar-refractivity contribution is 7.91. The molecule has 1 aromatic carbocycles. The fraction of sp³-hybridized carbons (Fsp3) is 0.400. The number of benzene rings is 1. The van der Waals surface area contributed by atoms with Crippen molar-refractivity contribution in [2.24, 2.45) is 0 Å². The molecule has 1 amide bonds. The first-order valence-electron chi connectivity index (χ1n) is 9.24. The van der Waals surface area contributed by atoms with E-state index in [2.05, 4.69) is 11.1 Å². The average Bonchev–Trinajstić information content (AvgIpc) is 3.06. The minimum atomic E-state index is -2.94. The molecule has 2 aliphatic heterocycles. The molecular formula is C20H23N3O3S. The molecule has 0 bridgehead atoms. The standard InChI is InChI=1S/C20H23N3O3S/c1-22(17-10-12-27(25,26)14-17)19-9-8-16(13-21-19)20(24)23-11-4-6-15-5-2-3-7-18(15)23/h2-3,5,7-9,13,17H,4,6,10-12,14H2,1H3. The molecule has 4 rings (SSSR count). The molecule has 27 heavy (non-hydrogen) atoms. The summed E-state index contributed by atoms with van der Waals surface area (Å²) in [4.78, 5) is 21.1. The van der Waals surface area contributed by atoms with Gasteiger partial charge in [-0.15, -0.1) is 0 Å². The van der Waals surface area contributed by atoms with Gasteiger partial charge in [0.15, 0.2) is 9.84 Å². The number of amides is 1. The van der Waals surface area contributed by atoms with Crippen LogP contribution in [0.2, 0.25) is 0 Å². The molecule has 1 atom stereocenters. The highest BCUT2D eigenvalue weighted by Gasteiger charge is 2.31. The van der Waals surface area contributed by atoms with E-state index in [-0.39, 0.29) is 23.5 Å². The molecule has 1 unspecified atom stereocenters. The van der Waals surface area contributed by atoms with Crippen molar-refractivity contribution < 1.29 is 13.2 Å². The summed E-state index contributed by atoms with van der Waals surface area (Å²) in [6.07, 6.45) is 4.15. The summed E-state index contributed by atoms with van der Waals surface area (Å²) in [7, 11) is -1.09. The highest BCUT2D eigenvalue weighted by atomic mass is 32.2. The van der Waals surface area contributed by atoms with Crippen LogP contribution in [-0.2, 0) is 16.3 Å². The molecule has 6 nitrogen and oxygen atoms in total. The van der Waals surface area contributed by atoms with Crippen molar-refractivity contribution in [3.63, 3.8) is 0 Å². The first-order valence-corrected chi connectivity index (χ1v) is 11.1. The zero-order valence-electron chi connectivity index (χ0n) is 15.3. The predicted octanol–water partition coefficient (Wildman–Crippen LogP) is 2.30. The lowest BCUT2D eigenvalue weighted by Gasteiger charge is -2.29. The third-order valence-electron chi connectivity index (χ3n) is 5.47. The number of carbonyl (C=O) groups excluding carboxylic acids is 1. The molecule has 2 aromatic rings. The van der Waals surface area contributed by atoms with Gasteiger partial charge in [0.05, 0.1) is 17.1 Å². The maximum absolute atomic E-state index is 13.0. The maximum atomic E-state index is 13.0. The zero-order valence-corrected chi connectivity index (χ0v) is 16.2. The van der Waals surface area contributed by atoms with E-state index >= 15 is 0 Å². The van der Waals surface area contributed by atoms with Crippen LogP contribution in [0.3, 0.4) is 0 Å². The number of fused-ring (bicyclic) bond motifs is 1. The predicted molar refractivity (Wildman–Crippen MR) is 106 cm³/mol. The largest absolute Gasteiger partial charge is 0.356 e. The Morgan fingerprint density at radius 3 is 2.74 bits per heavy atom. The van der Waals surface area contributed by atoms with E-state index in [4.69, 9.17) is 0 Å². The Bertz CT molecular complexity index is 957. The maximum Gasteiger partial charge on any atom is 0.259 e. The summed E-state index contributed by atoms with van der Waals surface area (Å²) in [5.74, 6) is 1.03. The van der Waals surface area contributed by atoms with Gasteiger partial charge in [0.25, 0.3) is 5.91 Å². The number of aryl methyl sites for hydroxylation is 1. The molecule has 0 spiro atoms. The van der Waals surface area contributed by atoms with Gasteiger partial charge in [0, 0.05) is 31.5 Å². The lowest BCUT2D eigenvalue weighted by atomic mass is 10.0. The SMILES string of the molecule is CN(c1ccc(C(=O)N2CCCc3ccccc32)cn1)C1CCS(=O)(=O)C1. The Morgan fingerprint density at radius 1 is 1.22 bits per heavy atom. The number of nitrogens with zero attached hydrogens (tertiary/aromatic N) is 3. The van der Waals surface area contributed by atoms with Crippen LogP contribution in [0.4, 0.5) is 11.5 Å². The second kappa shape index (κ2) is 6.96. The lowest BCUT2D eigenvalue weighted by Crippen LogP contribution is -2.36. The second-order valence-electron chi connectivity index (χ2n) is 7.26. The van der Waals surface area contributed by atoms with Gasteiger partial charge in [-0.3, -0.25) is 4.79 Å². The van der Waals surface area contributed by atoms with Crippen molar-refractivity contribution in [3.8, 4) is 0 Å². The second-order valence-corrected chi connectivity index (χ2v) is 9.49. The molecule has 3 heterocycles. The fourth-order valence-corrected chi connectivity index (χ4v) is 5.66. The van der Waals surface area contributed by atoms with Crippen LogP contribution < -0.4 is 9.80 Å². The molecule has 142 valence electrons. The summed E-state index contributed by atoms with van der Waals surface area (Å²) in [5.41, 5.74) is 2.72. The number of pyridine rings is 1. The van der Waals surface area contributed by atoms with Crippen LogP contribution in [0.5, 0.6) is 0 Å². The smallest absolute Gasteiger partial charge is 0.259 e. The highest BCUT2D eigenvalue weighted by Crippen LogP contribution is 2.28. The van der Waals surface area contributed by atoms with Gasteiger partial charge in [0.1, 0.15) is 5.82 Å². The van der Waals surface area contributed by atoms with Gasteiger partial charge in [-0.25, -0.2) is 13.4 Å². The van der Waals surface area contributed by atoms with Gasteiger partial charge >= 0.3 is 0 Å². The molecule has 1 saturated heterocycles. The van der Waals surface area contributed by atoms with Crippen LogP contribution in [0, 0.1) is 0 Å². The van der Waals surface area contributed by atoms with Crippen molar-refractivity contribution in [2.45, 2.75) is 25.3 Å². The number of hydrogen-bond acceptors (Lipinski definition) is 5. The van der Waals surface area contributed by atoms with E-state index < -0.39 is 9.84 Å². The minimum Gasteiger partial charge on any atom is -0.356 e. The third kappa shape index (κ3) is 3.56. The fourth-order valence-electron chi connectivity index (χ4n) is 3.89. The number of para-hydroxylation sites is 1. The van der Waals surface area contributed by atoms with Crippen molar-refractivity contribution in [2.75, 3.05) is 34.9 Å². The first kappa shape index (κ1) is 18.0. The van der Waals surface area contributed by atoms with Crippen LogP contribution in [0.25, 0.3) is 0 Å². The minimum absolute atomic E-state index is 0.0488. The number of sulfone groups is 1. The number of aromatic nitrogens is 1. The Hall–Kier alpha value is -2.41. The zero-order chi connectivity index (χ0) is 19.0. The number of hydrogen-bond donors (Lipinski definition) is 0. The molecule has 0 N–H and O–H groups in total. The van der Waals surface area contributed by atoms with E-state index in [1.807, 2.05) is 35.0 Å². The van der Waals surface area contributed by atoms with Gasteiger partial charge in [-0.2, -0.15) is 0 Å². The van der Waals surface area contributed by atoms with Gasteiger partial charge in [0.2, 0.25) is 0 Å². The molecule has 0 saturated carbocycles. The van der Waals surface area contributed by atoms with Crippen molar-refractivity contribution in [1.29, 1.82) is 0 Å². The van der Waals surface area contributed by atoms with Crippen molar-refractivity contribution >= 4 is 27.2 Å². The van der Waals surface area contributed by atoms with E-state index in [1.54, 1.807) is 18.3 Å². The molecular weight excluding hydrogens is 362 g/mol. The summed E-state index contributed by atoms with van der Waals surface area (Å²) < 4.78 is 23.4. The summed E-state index contributed by atoms with van der Waals surface area (Å²) in [6.45, 7) is 0.706. The topological polar surface area (TPSA) is 70.6 Å². The van der Waals surface area contributed by atoms with Crippen molar-refractivity contribution in [3.05, 3.63) is 53.7 Å². The Balaban J connectivity index is 1.52. The number of anilines is 2. The summed E-state index contributed by atoms with van der Waals surface area (Å²) in [5, 5.41) is 0. The molecule has 7 heteroatoms. The van der Waals surface area contributed by atoms with Gasteiger partial charge in [-0.05, 0) is 43.0 Å². The van der Waals surface area contributed by atoms with Crippen molar-refractivity contribution in [1.82, 2.24) is 4.98 Å². The van der Waals surface area contributed by atoms with E-state index in [1.165, 1.54) is 5.56 Å². The monoisotopic (exact) mass is 385 g/mol. The van der Waals surface area contributed by atoms with E-state index in [0.717, 1.165) is 18.5 Å². The molecule has 0 aliphatic carbocycles. The van der Waals surface area contributed by atoms with Gasteiger partial charge < -0.3 is 9.80 Å². The quantitative estimate of drug-likeness (QED) is 0.811. The van der Waals surface area contributed by atoms with E-state index in [0.29, 0.717) is 24.3 Å². The van der Waals surface area contributed by atoms with Crippen LogP contribution >= 0.6 is 0 Å². The van der Waals surface area contributed by atoms with Crippen LogP contribution in [0.15, 0.2) is 42.6 Å². The average molecular weight is 385 g/mol. The first-order chi connectivity index (χ1) is 12.9. The van der Waals surface area contributed by atoms with Crippen LogP contribution in [-0.4, -0.2) is 50.4 Å². The number of rotatable bonds is 3. The van der Waals surface area contributed by atoms with Gasteiger partial charge in [-0.1, -0.05) is 18.2 Å². The van der Waals surface area contributed by atoms with Crippen LogP contribution in [0.1, 0.15) is 28.8 Å². The third-order valence-corrected chi connectivity index (χ3v) is 7.22. The number of carbonyl (C=O) groups is 1. The Labute approximate surface area is 159 Å². The lowest BCUT2D eigenvalue weighted by molar-refractivity contribution is 0.0985. The molecule has 1 aromatic heterocycles. The summed E-state index contributed by atoms with van der Waals surface area (Å²) >= 11 is 0. The Kier molecular flexibility index (Phi) is 4.63. The summed E-state index contributed by atoms with van der Waals surface area (Å²) in [6, 6.07) is 11.5. The molecule has 0 radical (unpaired) electrons. The normalized spacial score (nSPS) is 20.9. The molecule has 1 fully saturated rings.